The third-order valence-electron chi connectivity index (χ3n) is 2.84. The molecule has 5 heteroatoms. The molecule has 2 aromatic rings. The predicted octanol–water partition coefficient (Wildman–Crippen LogP) is 1.99. The van der Waals surface area contributed by atoms with Crippen molar-refractivity contribution in [3.63, 3.8) is 0 Å². The van der Waals surface area contributed by atoms with Crippen LogP contribution in [0.25, 0.3) is 0 Å². The molecule has 0 radical (unpaired) electrons. The summed E-state index contributed by atoms with van der Waals surface area (Å²) in [7, 11) is 1.97. The minimum absolute atomic E-state index is 0.0416. The highest BCUT2D eigenvalue weighted by atomic mass is 32.1. The van der Waals surface area contributed by atoms with Gasteiger partial charge in [0.15, 0.2) is 0 Å². The fourth-order valence-corrected chi connectivity index (χ4v) is 2.49. The lowest BCUT2D eigenvalue weighted by Gasteiger charge is -2.08. The average molecular weight is 250 g/mol. The molecule has 0 amide bonds. The molecule has 92 valence electrons. The lowest BCUT2D eigenvalue weighted by molar-refractivity contribution is 0.629. The number of hydrogen-bond donors (Lipinski definition) is 1. The number of aromatic nitrogens is 3. The first-order valence-corrected chi connectivity index (χ1v) is 6.67. The van der Waals surface area contributed by atoms with E-state index in [0.29, 0.717) is 0 Å². The van der Waals surface area contributed by atoms with Gasteiger partial charge in [-0.25, -0.2) is 4.98 Å². The van der Waals surface area contributed by atoms with E-state index in [1.165, 1.54) is 5.69 Å². The molecule has 2 aromatic heterocycles. The maximum atomic E-state index is 6.16. The van der Waals surface area contributed by atoms with Crippen molar-refractivity contribution in [1.29, 1.82) is 0 Å². The molecule has 2 N–H and O–H groups in total. The lowest BCUT2D eigenvalue weighted by Crippen LogP contribution is -2.15. The molecule has 0 saturated carbocycles. The summed E-state index contributed by atoms with van der Waals surface area (Å²) in [6.45, 7) is 4.11. The van der Waals surface area contributed by atoms with Gasteiger partial charge in [-0.15, -0.1) is 11.3 Å². The van der Waals surface area contributed by atoms with E-state index in [2.05, 4.69) is 23.1 Å². The minimum atomic E-state index is -0.0416. The number of hydrogen-bond acceptors (Lipinski definition) is 4. The number of nitrogens with zero attached hydrogens (tertiary/aromatic N) is 3. The van der Waals surface area contributed by atoms with Gasteiger partial charge in [0, 0.05) is 24.5 Å². The van der Waals surface area contributed by atoms with E-state index in [1.807, 2.05) is 24.0 Å². The van der Waals surface area contributed by atoms with Gasteiger partial charge in [-0.3, -0.25) is 4.68 Å². The van der Waals surface area contributed by atoms with Gasteiger partial charge in [-0.1, -0.05) is 6.92 Å². The first-order chi connectivity index (χ1) is 8.10. The molecule has 17 heavy (non-hydrogen) atoms. The molecule has 1 atom stereocenters. The van der Waals surface area contributed by atoms with Gasteiger partial charge in [0.05, 0.1) is 22.4 Å². The highest BCUT2D eigenvalue weighted by Gasteiger charge is 2.13. The van der Waals surface area contributed by atoms with Gasteiger partial charge in [-0.05, 0) is 19.4 Å². The van der Waals surface area contributed by atoms with Crippen LogP contribution in [0.5, 0.6) is 0 Å². The average Bonchev–Trinajstić information content (AvgIpc) is 2.86. The summed E-state index contributed by atoms with van der Waals surface area (Å²) >= 11 is 1.64. The van der Waals surface area contributed by atoms with Crippen molar-refractivity contribution in [3.8, 4) is 0 Å². The largest absolute Gasteiger partial charge is 0.322 e. The minimum Gasteiger partial charge on any atom is -0.322 e. The van der Waals surface area contributed by atoms with Gasteiger partial charge in [0.1, 0.15) is 0 Å². The quantitative estimate of drug-likeness (QED) is 0.903. The molecule has 0 aliphatic heterocycles. The van der Waals surface area contributed by atoms with Crippen LogP contribution in [-0.2, 0) is 19.9 Å². The summed E-state index contributed by atoms with van der Waals surface area (Å²) in [5.74, 6) is 0. The Bertz CT molecular complexity index is 500. The fraction of sp³-hybridized carbons (Fsp3) is 0.500. The van der Waals surface area contributed by atoms with E-state index >= 15 is 0 Å². The Morgan fingerprint density at radius 1 is 1.53 bits per heavy atom. The molecular weight excluding hydrogens is 232 g/mol. The van der Waals surface area contributed by atoms with Gasteiger partial charge in [0.2, 0.25) is 0 Å². The summed E-state index contributed by atoms with van der Waals surface area (Å²) in [4.78, 5) is 4.43. The Hall–Kier alpha value is -1.20. The topological polar surface area (TPSA) is 56.7 Å². The van der Waals surface area contributed by atoms with Gasteiger partial charge in [0.25, 0.3) is 0 Å². The summed E-state index contributed by atoms with van der Waals surface area (Å²) in [6.07, 6.45) is 1.74. The molecule has 0 bridgehead atoms. The summed E-state index contributed by atoms with van der Waals surface area (Å²) in [5, 5.41) is 7.53. The van der Waals surface area contributed by atoms with Crippen LogP contribution in [-0.4, -0.2) is 14.8 Å². The molecule has 0 aromatic carbocycles. The van der Waals surface area contributed by atoms with Crippen molar-refractivity contribution >= 4 is 11.3 Å². The second-order valence-electron chi connectivity index (χ2n) is 4.21. The highest BCUT2D eigenvalue weighted by Crippen LogP contribution is 2.18. The van der Waals surface area contributed by atoms with Gasteiger partial charge >= 0.3 is 0 Å². The smallest absolute Gasteiger partial charge is 0.0898 e. The Morgan fingerprint density at radius 2 is 2.29 bits per heavy atom. The van der Waals surface area contributed by atoms with Crippen molar-refractivity contribution in [2.24, 2.45) is 12.8 Å². The van der Waals surface area contributed by atoms with E-state index in [4.69, 9.17) is 5.73 Å². The molecule has 2 heterocycles. The van der Waals surface area contributed by atoms with Crippen molar-refractivity contribution in [3.05, 3.63) is 33.5 Å². The Morgan fingerprint density at radius 3 is 2.82 bits per heavy atom. The molecule has 4 nitrogen and oxygen atoms in total. The van der Waals surface area contributed by atoms with Crippen LogP contribution in [0.4, 0.5) is 0 Å². The SMILES string of the molecule is CCc1cc(CC(N)c2csc(C)n2)n(C)n1. The molecule has 0 aliphatic carbocycles. The first kappa shape index (κ1) is 12.3. The van der Waals surface area contributed by atoms with E-state index in [-0.39, 0.29) is 6.04 Å². The molecule has 0 fully saturated rings. The number of nitrogens with two attached hydrogens (primary N) is 1. The first-order valence-electron chi connectivity index (χ1n) is 5.79. The predicted molar refractivity (Wildman–Crippen MR) is 70.1 cm³/mol. The van der Waals surface area contributed by atoms with Crippen LogP contribution in [0.2, 0.25) is 0 Å². The van der Waals surface area contributed by atoms with Gasteiger partial charge < -0.3 is 5.73 Å². The van der Waals surface area contributed by atoms with Crippen molar-refractivity contribution in [2.45, 2.75) is 32.7 Å². The molecule has 0 saturated heterocycles. The second kappa shape index (κ2) is 4.98. The molecule has 2 rings (SSSR count). The number of aryl methyl sites for hydroxylation is 3. The normalized spacial score (nSPS) is 12.9. The van der Waals surface area contributed by atoms with Crippen molar-refractivity contribution in [2.75, 3.05) is 0 Å². The van der Waals surface area contributed by atoms with Crippen LogP contribution in [0.3, 0.4) is 0 Å². The molecule has 1 unspecified atom stereocenters. The lowest BCUT2D eigenvalue weighted by atomic mass is 10.1. The molecular formula is C12H18N4S. The van der Waals surface area contributed by atoms with E-state index < -0.39 is 0 Å². The number of thiazole rings is 1. The Labute approximate surface area is 105 Å². The van der Waals surface area contributed by atoms with Crippen LogP contribution in [0.1, 0.15) is 35.1 Å². The Kier molecular flexibility index (Phi) is 3.59. The highest BCUT2D eigenvalue weighted by molar-refractivity contribution is 7.09. The third-order valence-corrected chi connectivity index (χ3v) is 3.63. The summed E-state index contributed by atoms with van der Waals surface area (Å²) < 4.78 is 1.91. The maximum absolute atomic E-state index is 6.16. The van der Waals surface area contributed by atoms with Crippen LogP contribution < -0.4 is 5.73 Å². The number of rotatable bonds is 4. The molecule has 0 aliphatic rings. The zero-order valence-corrected chi connectivity index (χ0v) is 11.3. The second-order valence-corrected chi connectivity index (χ2v) is 5.27. The van der Waals surface area contributed by atoms with E-state index in [1.54, 1.807) is 11.3 Å². The zero-order valence-electron chi connectivity index (χ0n) is 10.5. The summed E-state index contributed by atoms with van der Waals surface area (Å²) in [6, 6.07) is 2.08. The fourth-order valence-electron chi connectivity index (χ4n) is 1.82. The summed E-state index contributed by atoms with van der Waals surface area (Å²) in [5.41, 5.74) is 9.42. The Balaban J connectivity index is 2.12. The van der Waals surface area contributed by atoms with E-state index in [9.17, 15) is 0 Å². The van der Waals surface area contributed by atoms with Crippen LogP contribution >= 0.6 is 11.3 Å². The molecule has 0 spiro atoms. The standard InChI is InChI=1S/C12H18N4S/c1-4-9-5-10(16(3)15-9)6-11(13)12-7-17-8(2)14-12/h5,7,11H,4,6,13H2,1-3H3. The van der Waals surface area contributed by atoms with E-state index in [0.717, 1.165) is 29.2 Å². The van der Waals surface area contributed by atoms with Crippen LogP contribution in [0.15, 0.2) is 11.4 Å². The van der Waals surface area contributed by atoms with Crippen LogP contribution in [0, 0.1) is 6.92 Å². The van der Waals surface area contributed by atoms with Crippen molar-refractivity contribution in [1.82, 2.24) is 14.8 Å². The van der Waals surface area contributed by atoms with Crippen molar-refractivity contribution < 1.29 is 0 Å². The zero-order chi connectivity index (χ0) is 12.4. The third kappa shape index (κ3) is 2.73. The van der Waals surface area contributed by atoms with Gasteiger partial charge in [-0.2, -0.15) is 5.10 Å². The maximum Gasteiger partial charge on any atom is 0.0898 e. The monoisotopic (exact) mass is 250 g/mol.